The smallest absolute Gasteiger partial charge is 0.338 e. The highest BCUT2D eigenvalue weighted by Crippen LogP contribution is 2.22. The fourth-order valence-electron chi connectivity index (χ4n) is 2.10. The molecular weight excluding hydrogens is 282 g/mol. The highest BCUT2D eigenvalue weighted by atomic mass is 16.5. The zero-order valence-corrected chi connectivity index (χ0v) is 12.9. The Hall–Kier alpha value is -2.56. The standard InChI is InChI=1S/C17H19NO4/c1-4-14-8-13(10-16(19)18-14)17(20)22-11(2)12-6-5-7-15(9-12)21-3/h5-11H,4H2,1-3H3,(H,18,19)/t11-/m0/s1. The fourth-order valence-corrected chi connectivity index (χ4v) is 2.10. The maximum atomic E-state index is 12.2. The van der Waals surface area contributed by atoms with Gasteiger partial charge >= 0.3 is 5.97 Å². The van der Waals surface area contributed by atoms with Crippen molar-refractivity contribution >= 4 is 5.97 Å². The molecular formula is C17H19NO4. The van der Waals surface area contributed by atoms with Gasteiger partial charge in [-0.2, -0.15) is 0 Å². The van der Waals surface area contributed by atoms with Crippen molar-refractivity contribution in [2.24, 2.45) is 0 Å². The summed E-state index contributed by atoms with van der Waals surface area (Å²) in [6, 6.07) is 10.2. The zero-order valence-electron chi connectivity index (χ0n) is 12.9. The number of methoxy groups -OCH3 is 1. The van der Waals surface area contributed by atoms with Gasteiger partial charge in [0.1, 0.15) is 11.9 Å². The Balaban J connectivity index is 2.17. The minimum Gasteiger partial charge on any atom is -0.497 e. The maximum absolute atomic E-state index is 12.2. The van der Waals surface area contributed by atoms with Crippen molar-refractivity contribution in [1.29, 1.82) is 0 Å². The van der Waals surface area contributed by atoms with Crippen LogP contribution in [0.15, 0.2) is 41.2 Å². The van der Waals surface area contributed by atoms with E-state index in [9.17, 15) is 9.59 Å². The topological polar surface area (TPSA) is 68.4 Å². The molecule has 22 heavy (non-hydrogen) atoms. The van der Waals surface area contributed by atoms with Crippen molar-refractivity contribution in [1.82, 2.24) is 4.98 Å². The number of carbonyl (C=O) groups excluding carboxylic acids is 1. The molecule has 2 aromatic rings. The Bertz CT molecular complexity index is 721. The molecule has 1 aromatic heterocycles. The summed E-state index contributed by atoms with van der Waals surface area (Å²) in [7, 11) is 1.58. The van der Waals surface area contributed by atoms with Gasteiger partial charge in [0.2, 0.25) is 5.56 Å². The second-order valence-corrected chi connectivity index (χ2v) is 4.94. The number of aryl methyl sites for hydroxylation is 1. The largest absolute Gasteiger partial charge is 0.497 e. The van der Waals surface area contributed by atoms with Crippen LogP contribution in [0.1, 0.15) is 41.6 Å². The van der Waals surface area contributed by atoms with Gasteiger partial charge in [0, 0.05) is 11.8 Å². The molecule has 0 amide bonds. The lowest BCUT2D eigenvalue weighted by molar-refractivity contribution is 0.0337. The van der Waals surface area contributed by atoms with Crippen molar-refractivity contribution in [2.75, 3.05) is 7.11 Å². The third-order valence-corrected chi connectivity index (χ3v) is 3.36. The minimum atomic E-state index is -0.517. The molecule has 0 bridgehead atoms. The van der Waals surface area contributed by atoms with E-state index in [2.05, 4.69) is 4.98 Å². The van der Waals surface area contributed by atoms with Crippen LogP contribution in [-0.4, -0.2) is 18.1 Å². The number of hydrogen-bond acceptors (Lipinski definition) is 4. The van der Waals surface area contributed by atoms with Gasteiger partial charge in [-0.05, 0) is 37.1 Å². The molecule has 5 nitrogen and oxygen atoms in total. The van der Waals surface area contributed by atoms with E-state index < -0.39 is 12.1 Å². The minimum absolute atomic E-state index is 0.260. The first-order valence-corrected chi connectivity index (χ1v) is 7.11. The van der Waals surface area contributed by atoms with Crippen LogP contribution in [0.2, 0.25) is 0 Å². The number of aromatic amines is 1. The van der Waals surface area contributed by atoms with Crippen LogP contribution in [0.5, 0.6) is 5.75 Å². The molecule has 0 saturated heterocycles. The number of aromatic nitrogens is 1. The Morgan fingerprint density at radius 1 is 1.27 bits per heavy atom. The van der Waals surface area contributed by atoms with E-state index in [0.717, 1.165) is 5.56 Å². The summed E-state index contributed by atoms with van der Waals surface area (Å²) in [6.45, 7) is 3.68. The Kier molecular flexibility index (Phi) is 4.99. The van der Waals surface area contributed by atoms with E-state index in [0.29, 0.717) is 17.9 Å². The highest BCUT2D eigenvalue weighted by Gasteiger charge is 2.15. The lowest BCUT2D eigenvalue weighted by atomic mass is 10.1. The maximum Gasteiger partial charge on any atom is 0.338 e. The Morgan fingerprint density at radius 3 is 2.73 bits per heavy atom. The molecule has 1 heterocycles. The lowest BCUT2D eigenvalue weighted by Gasteiger charge is -2.14. The van der Waals surface area contributed by atoms with Crippen LogP contribution in [-0.2, 0) is 11.2 Å². The highest BCUT2D eigenvalue weighted by molar-refractivity contribution is 5.89. The van der Waals surface area contributed by atoms with Crippen LogP contribution < -0.4 is 10.3 Å². The second kappa shape index (κ2) is 6.93. The number of pyridine rings is 1. The molecule has 1 atom stereocenters. The monoisotopic (exact) mass is 301 g/mol. The first-order valence-electron chi connectivity index (χ1n) is 7.11. The lowest BCUT2D eigenvalue weighted by Crippen LogP contribution is -2.15. The normalized spacial score (nSPS) is 11.8. The van der Waals surface area contributed by atoms with Crippen LogP contribution in [0, 0.1) is 0 Å². The van der Waals surface area contributed by atoms with Crippen molar-refractivity contribution in [2.45, 2.75) is 26.4 Å². The predicted molar refractivity (Wildman–Crippen MR) is 83.3 cm³/mol. The van der Waals surface area contributed by atoms with E-state index in [1.807, 2.05) is 31.2 Å². The van der Waals surface area contributed by atoms with Gasteiger partial charge in [0.15, 0.2) is 0 Å². The van der Waals surface area contributed by atoms with E-state index in [-0.39, 0.29) is 11.1 Å². The quantitative estimate of drug-likeness (QED) is 0.862. The number of ether oxygens (including phenoxy) is 2. The fraction of sp³-hybridized carbons (Fsp3) is 0.294. The zero-order chi connectivity index (χ0) is 16.1. The molecule has 2 rings (SSSR count). The molecule has 0 aliphatic carbocycles. The van der Waals surface area contributed by atoms with Gasteiger partial charge < -0.3 is 14.5 Å². The Morgan fingerprint density at radius 2 is 2.05 bits per heavy atom. The van der Waals surface area contributed by atoms with Crippen LogP contribution >= 0.6 is 0 Å². The number of rotatable bonds is 5. The first-order chi connectivity index (χ1) is 10.5. The second-order valence-electron chi connectivity index (χ2n) is 4.94. The SMILES string of the molecule is CCc1cc(C(=O)O[C@@H](C)c2cccc(OC)c2)cc(=O)[nH]1. The third kappa shape index (κ3) is 3.75. The molecule has 1 aromatic carbocycles. The summed E-state index contributed by atoms with van der Waals surface area (Å²) in [5.74, 6) is 0.181. The van der Waals surface area contributed by atoms with Gasteiger partial charge in [-0.3, -0.25) is 4.79 Å². The summed E-state index contributed by atoms with van der Waals surface area (Å²) in [6.07, 6.45) is 0.203. The third-order valence-electron chi connectivity index (χ3n) is 3.36. The van der Waals surface area contributed by atoms with Gasteiger partial charge in [0.05, 0.1) is 12.7 Å². The molecule has 0 spiro atoms. The molecule has 5 heteroatoms. The Labute approximate surface area is 128 Å². The van der Waals surface area contributed by atoms with Gasteiger partial charge in [0.25, 0.3) is 0 Å². The molecule has 0 unspecified atom stereocenters. The summed E-state index contributed by atoms with van der Waals surface area (Å²) in [5, 5.41) is 0. The molecule has 1 N–H and O–H groups in total. The van der Waals surface area contributed by atoms with Gasteiger partial charge in [-0.1, -0.05) is 19.1 Å². The average molecular weight is 301 g/mol. The van der Waals surface area contributed by atoms with Crippen LogP contribution in [0.4, 0.5) is 0 Å². The molecule has 0 aliphatic heterocycles. The van der Waals surface area contributed by atoms with Gasteiger partial charge in [-0.25, -0.2) is 4.79 Å². The van der Waals surface area contributed by atoms with Crippen LogP contribution in [0.3, 0.4) is 0 Å². The molecule has 0 fully saturated rings. The molecule has 116 valence electrons. The van der Waals surface area contributed by atoms with Crippen molar-refractivity contribution in [3.63, 3.8) is 0 Å². The van der Waals surface area contributed by atoms with E-state index >= 15 is 0 Å². The molecule has 0 aliphatic rings. The summed E-state index contributed by atoms with van der Waals surface area (Å²) in [5.41, 5.74) is 1.48. The van der Waals surface area contributed by atoms with Crippen molar-refractivity contribution in [3.8, 4) is 5.75 Å². The van der Waals surface area contributed by atoms with Crippen molar-refractivity contribution in [3.05, 3.63) is 63.6 Å². The number of esters is 1. The number of carbonyl (C=O) groups is 1. The number of benzene rings is 1. The van der Waals surface area contributed by atoms with E-state index in [1.165, 1.54) is 6.07 Å². The number of nitrogens with one attached hydrogen (secondary N) is 1. The van der Waals surface area contributed by atoms with Gasteiger partial charge in [-0.15, -0.1) is 0 Å². The summed E-state index contributed by atoms with van der Waals surface area (Å²) < 4.78 is 10.6. The molecule has 0 radical (unpaired) electrons. The van der Waals surface area contributed by atoms with E-state index in [4.69, 9.17) is 9.47 Å². The summed E-state index contributed by atoms with van der Waals surface area (Å²) >= 11 is 0. The average Bonchev–Trinajstić information content (AvgIpc) is 2.54. The first kappa shape index (κ1) is 15.8. The number of H-pyrrole nitrogens is 1. The summed E-state index contributed by atoms with van der Waals surface area (Å²) in [4.78, 5) is 26.4. The predicted octanol–water partition coefficient (Wildman–Crippen LogP) is 2.86. The van der Waals surface area contributed by atoms with Crippen molar-refractivity contribution < 1.29 is 14.3 Å². The number of hydrogen-bond donors (Lipinski definition) is 1. The van der Waals surface area contributed by atoms with Crippen LogP contribution in [0.25, 0.3) is 0 Å². The van der Waals surface area contributed by atoms with E-state index in [1.54, 1.807) is 20.1 Å². The molecule has 0 saturated carbocycles.